The van der Waals surface area contributed by atoms with Crippen LogP contribution in [0.1, 0.15) is 27.2 Å². The van der Waals surface area contributed by atoms with E-state index in [1.165, 1.54) is 16.2 Å². The molecule has 0 saturated carbocycles. The summed E-state index contributed by atoms with van der Waals surface area (Å²) in [5, 5.41) is 7.68. The summed E-state index contributed by atoms with van der Waals surface area (Å²) in [5.41, 5.74) is 4.04. The van der Waals surface area contributed by atoms with Gasteiger partial charge in [-0.3, -0.25) is 14.4 Å². The smallest absolute Gasteiger partial charge is 0.254 e. The molecule has 3 amide bonds. The van der Waals surface area contributed by atoms with Crippen molar-refractivity contribution in [2.75, 3.05) is 37.4 Å². The predicted octanol–water partition coefficient (Wildman–Crippen LogP) is 3.67. The van der Waals surface area contributed by atoms with Gasteiger partial charge >= 0.3 is 0 Å². The van der Waals surface area contributed by atoms with Gasteiger partial charge in [0.2, 0.25) is 11.8 Å². The maximum atomic E-state index is 12.8. The fourth-order valence-corrected chi connectivity index (χ4v) is 3.91. The second kappa shape index (κ2) is 12.1. The summed E-state index contributed by atoms with van der Waals surface area (Å²) in [7, 11) is 1.54. The molecule has 178 valence electrons. The number of rotatable bonds is 10. The zero-order chi connectivity index (χ0) is 24.5. The highest BCUT2D eigenvalue weighted by atomic mass is 32.1. The molecule has 0 aliphatic rings. The minimum Gasteiger partial charge on any atom is -0.383 e. The number of aromatic nitrogens is 1. The van der Waals surface area contributed by atoms with Crippen molar-refractivity contribution >= 4 is 39.9 Å². The van der Waals surface area contributed by atoms with Gasteiger partial charge in [-0.2, -0.15) is 0 Å². The van der Waals surface area contributed by atoms with Crippen LogP contribution >= 0.6 is 11.3 Å². The second-order valence-corrected chi connectivity index (χ2v) is 8.66. The van der Waals surface area contributed by atoms with Crippen LogP contribution in [0.5, 0.6) is 0 Å². The Morgan fingerprint density at radius 2 is 1.76 bits per heavy atom. The van der Waals surface area contributed by atoms with E-state index in [0.717, 1.165) is 16.8 Å². The number of aryl methyl sites for hydroxylation is 2. The molecule has 8 nitrogen and oxygen atoms in total. The van der Waals surface area contributed by atoms with Crippen molar-refractivity contribution in [2.45, 2.75) is 20.3 Å². The Bertz CT molecular complexity index is 1150. The molecule has 0 radical (unpaired) electrons. The molecule has 9 heteroatoms. The van der Waals surface area contributed by atoms with Crippen molar-refractivity contribution < 1.29 is 19.1 Å². The molecule has 0 unspecified atom stereocenters. The largest absolute Gasteiger partial charge is 0.383 e. The lowest BCUT2D eigenvalue weighted by atomic mass is 10.1. The molecule has 34 heavy (non-hydrogen) atoms. The number of carbonyl (C=O) groups is 3. The summed E-state index contributed by atoms with van der Waals surface area (Å²) >= 11 is 1.23. The second-order valence-electron chi connectivity index (χ2n) is 7.80. The minimum atomic E-state index is -0.374. The molecule has 2 aromatic carbocycles. The summed E-state index contributed by atoms with van der Waals surface area (Å²) in [5.74, 6) is -0.817. The molecule has 3 aromatic rings. The van der Waals surface area contributed by atoms with Crippen molar-refractivity contribution in [3.05, 3.63) is 76.3 Å². The Labute approximate surface area is 203 Å². The number of anilines is 2. The number of benzene rings is 2. The standard InChI is InChI=1S/C25H28N4O4S/c1-17-9-10-20(13-18(17)2)26-22(30)14-21-16-34-25(27-21)28-23(31)15-29(11-12-33-3)24(32)19-7-5-4-6-8-19/h4-10,13,16H,11-12,14-15H2,1-3H3,(H,26,30)(H,27,28,31). The summed E-state index contributed by atoms with van der Waals surface area (Å²) in [4.78, 5) is 43.5. The number of amides is 3. The Morgan fingerprint density at radius 1 is 1.00 bits per heavy atom. The van der Waals surface area contributed by atoms with E-state index in [2.05, 4.69) is 15.6 Å². The first-order valence-electron chi connectivity index (χ1n) is 10.8. The third kappa shape index (κ3) is 7.23. The number of methoxy groups -OCH3 is 1. The van der Waals surface area contributed by atoms with Crippen LogP contribution in [0.25, 0.3) is 0 Å². The van der Waals surface area contributed by atoms with Crippen molar-refractivity contribution in [3.8, 4) is 0 Å². The number of nitrogens with one attached hydrogen (secondary N) is 2. The number of ether oxygens (including phenoxy) is 1. The minimum absolute atomic E-state index is 0.0890. The molecular weight excluding hydrogens is 452 g/mol. The van der Waals surface area contributed by atoms with Gasteiger partial charge in [-0.05, 0) is 49.2 Å². The van der Waals surface area contributed by atoms with Crippen molar-refractivity contribution in [1.29, 1.82) is 0 Å². The highest BCUT2D eigenvalue weighted by Crippen LogP contribution is 2.18. The van der Waals surface area contributed by atoms with E-state index in [9.17, 15) is 14.4 Å². The van der Waals surface area contributed by atoms with Crippen LogP contribution in [0.2, 0.25) is 0 Å². The highest BCUT2D eigenvalue weighted by molar-refractivity contribution is 7.13. The van der Waals surface area contributed by atoms with Gasteiger partial charge in [-0.1, -0.05) is 24.3 Å². The lowest BCUT2D eigenvalue weighted by molar-refractivity contribution is -0.117. The van der Waals surface area contributed by atoms with E-state index >= 15 is 0 Å². The van der Waals surface area contributed by atoms with Gasteiger partial charge in [0, 0.05) is 30.3 Å². The molecule has 0 atom stereocenters. The van der Waals surface area contributed by atoms with E-state index in [-0.39, 0.29) is 37.2 Å². The van der Waals surface area contributed by atoms with Gasteiger partial charge in [0.15, 0.2) is 5.13 Å². The maximum absolute atomic E-state index is 12.8. The van der Waals surface area contributed by atoms with Gasteiger partial charge < -0.3 is 20.3 Å². The summed E-state index contributed by atoms with van der Waals surface area (Å²) < 4.78 is 5.08. The third-order valence-corrected chi connectivity index (χ3v) is 5.94. The summed E-state index contributed by atoms with van der Waals surface area (Å²) in [6.07, 6.45) is 0.0890. The average Bonchev–Trinajstić information content (AvgIpc) is 3.25. The normalized spacial score (nSPS) is 10.6. The van der Waals surface area contributed by atoms with Crippen LogP contribution in [-0.4, -0.2) is 54.4 Å². The van der Waals surface area contributed by atoms with E-state index in [1.54, 1.807) is 36.8 Å². The lowest BCUT2D eigenvalue weighted by Gasteiger charge is -2.21. The Kier molecular flexibility index (Phi) is 8.89. The quantitative estimate of drug-likeness (QED) is 0.461. The van der Waals surface area contributed by atoms with Gasteiger partial charge in [-0.15, -0.1) is 11.3 Å². The lowest BCUT2D eigenvalue weighted by Crippen LogP contribution is -2.40. The molecule has 3 rings (SSSR count). The molecule has 0 fully saturated rings. The van der Waals surface area contributed by atoms with Crippen LogP contribution in [0.15, 0.2) is 53.9 Å². The average molecular weight is 481 g/mol. The van der Waals surface area contributed by atoms with Crippen molar-refractivity contribution in [2.24, 2.45) is 0 Å². The molecule has 1 aromatic heterocycles. The number of thiazole rings is 1. The van der Waals surface area contributed by atoms with E-state index in [0.29, 0.717) is 23.0 Å². The topological polar surface area (TPSA) is 101 Å². The SMILES string of the molecule is COCCN(CC(=O)Nc1nc(CC(=O)Nc2ccc(C)c(C)c2)cs1)C(=O)c1ccccc1. The predicted molar refractivity (Wildman–Crippen MR) is 133 cm³/mol. The summed E-state index contributed by atoms with van der Waals surface area (Å²) in [6, 6.07) is 14.5. The molecule has 0 aliphatic carbocycles. The molecule has 0 bridgehead atoms. The monoisotopic (exact) mass is 480 g/mol. The first-order chi connectivity index (χ1) is 16.4. The van der Waals surface area contributed by atoms with Crippen LogP contribution in [-0.2, 0) is 20.7 Å². The van der Waals surface area contributed by atoms with Crippen LogP contribution in [0.4, 0.5) is 10.8 Å². The van der Waals surface area contributed by atoms with Crippen molar-refractivity contribution in [1.82, 2.24) is 9.88 Å². The molecule has 0 spiro atoms. The van der Waals surface area contributed by atoms with Gasteiger partial charge in [0.25, 0.3) is 5.91 Å². The van der Waals surface area contributed by atoms with E-state index in [1.807, 2.05) is 38.1 Å². The molecular formula is C25H28N4O4S. The van der Waals surface area contributed by atoms with Crippen LogP contribution in [0, 0.1) is 13.8 Å². The van der Waals surface area contributed by atoms with Crippen LogP contribution < -0.4 is 10.6 Å². The molecule has 2 N–H and O–H groups in total. The van der Waals surface area contributed by atoms with Crippen LogP contribution in [0.3, 0.4) is 0 Å². The van der Waals surface area contributed by atoms with E-state index in [4.69, 9.17) is 4.74 Å². The number of hydrogen-bond acceptors (Lipinski definition) is 6. The number of nitrogens with zero attached hydrogens (tertiary/aromatic N) is 2. The number of hydrogen-bond donors (Lipinski definition) is 2. The number of carbonyl (C=O) groups excluding carboxylic acids is 3. The third-order valence-electron chi connectivity index (χ3n) is 5.14. The highest BCUT2D eigenvalue weighted by Gasteiger charge is 2.19. The summed E-state index contributed by atoms with van der Waals surface area (Å²) in [6.45, 7) is 4.45. The van der Waals surface area contributed by atoms with Gasteiger partial charge in [0.1, 0.15) is 6.54 Å². The molecule has 1 heterocycles. The zero-order valence-electron chi connectivity index (χ0n) is 19.5. The van der Waals surface area contributed by atoms with Crippen molar-refractivity contribution in [3.63, 3.8) is 0 Å². The zero-order valence-corrected chi connectivity index (χ0v) is 20.3. The Balaban J connectivity index is 1.56. The first-order valence-corrected chi connectivity index (χ1v) is 11.7. The van der Waals surface area contributed by atoms with Gasteiger partial charge in [0.05, 0.1) is 18.7 Å². The fourth-order valence-electron chi connectivity index (χ4n) is 3.18. The molecule has 0 saturated heterocycles. The molecule has 0 aliphatic heterocycles. The fraction of sp³-hybridized carbons (Fsp3) is 0.280. The van der Waals surface area contributed by atoms with Gasteiger partial charge in [-0.25, -0.2) is 4.98 Å². The van der Waals surface area contributed by atoms with E-state index < -0.39 is 0 Å². The Morgan fingerprint density at radius 3 is 2.47 bits per heavy atom. The Hall–Kier alpha value is -3.56. The first kappa shape index (κ1) is 25.1. The maximum Gasteiger partial charge on any atom is 0.254 e.